The highest BCUT2D eigenvalue weighted by Gasteiger charge is 2.47. The minimum absolute atomic E-state index is 0.0665. The number of ether oxygens (including phenoxy) is 3. The maximum absolute atomic E-state index is 13.9. The Balaban J connectivity index is 1.20. The molecule has 2 aromatic carbocycles. The van der Waals surface area contributed by atoms with Gasteiger partial charge in [-0.15, -0.1) is 0 Å². The molecule has 4 aliphatic rings. The summed E-state index contributed by atoms with van der Waals surface area (Å²) in [5.74, 6) is -0.419. The van der Waals surface area contributed by atoms with Crippen molar-refractivity contribution >= 4 is 16.9 Å². The second-order valence-electron chi connectivity index (χ2n) is 14.6. The van der Waals surface area contributed by atoms with Crippen LogP contribution in [-0.4, -0.2) is 152 Å². The molecule has 3 heterocycles. The van der Waals surface area contributed by atoms with E-state index in [4.69, 9.17) is 35.8 Å². The van der Waals surface area contributed by atoms with Crippen LogP contribution in [0.1, 0.15) is 23.7 Å². The average Bonchev–Trinajstić information content (AvgIpc) is 3.30. The monoisotopic (exact) mass is 813 g/mol. The number of rotatable bonds is 13. The Labute approximate surface area is 331 Å². The molecule has 19 heteroatoms. The first-order valence-electron chi connectivity index (χ1n) is 18.9. The first-order valence-corrected chi connectivity index (χ1v) is 18.9. The summed E-state index contributed by atoms with van der Waals surface area (Å²) in [7, 11) is 0. The van der Waals surface area contributed by atoms with Gasteiger partial charge >= 0.3 is 0 Å². The van der Waals surface area contributed by atoms with Gasteiger partial charge in [-0.2, -0.15) is 0 Å². The molecule has 14 atom stereocenters. The number of amides is 1. The second-order valence-corrected chi connectivity index (χ2v) is 14.6. The van der Waals surface area contributed by atoms with E-state index < -0.39 is 91.5 Å². The third kappa shape index (κ3) is 8.88. The largest absolute Gasteiger partial charge is 0.508 e. The van der Waals surface area contributed by atoms with Crippen molar-refractivity contribution in [1.82, 2.24) is 10.6 Å². The van der Waals surface area contributed by atoms with Crippen LogP contribution < -0.4 is 33.3 Å². The molecule has 0 aromatic heterocycles. The zero-order valence-corrected chi connectivity index (χ0v) is 31.4. The van der Waals surface area contributed by atoms with E-state index in [1.165, 1.54) is 24.3 Å². The maximum Gasteiger partial charge on any atom is 0.252 e. The number of carbonyl (C=O) groups excluding carboxylic acids is 1. The van der Waals surface area contributed by atoms with E-state index >= 15 is 0 Å². The number of hydrogen-bond acceptors (Lipinski definition) is 18. The Morgan fingerprint density at radius 1 is 0.948 bits per heavy atom. The average molecular weight is 814 g/mol. The summed E-state index contributed by atoms with van der Waals surface area (Å²) in [6.45, 7) is 0.706. The highest BCUT2D eigenvalue weighted by atomic mass is 16.7. The molecule has 13 unspecified atom stereocenters. The van der Waals surface area contributed by atoms with Gasteiger partial charge in [0, 0.05) is 59.9 Å². The maximum atomic E-state index is 13.9. The number of nitrogens with one attached hydrogen (secondary N) is 2. The summed E-state index contributed by atoms with van der Waals surface area (Å²) in [4.78, 5) is 26.2. The highest BCUT2D eigenvalue weighted by molar-refractivity contribution is 6.09. The molecule has 0 bridgehead atoms. The lowest BCUT2D eigenvalue weighted by Crippen LogP contribution is -2.65. The number of nitrogens with two attached hydrogens (primary N) is 3. The lowest BCUT2D eigenvalue weighted by atomic mass is 9.90. The van der Waals surface area contributed by atoms with Crippen LogP contribution in [0.3, 0.4) is 0 Å². The van der Waals surface area contributed by atoms with Crippen LogP contribution >= 0.6 is 0 Å². The molecule has 3 aliphatic heterocycles. The Bertz CT molecular complexity index is 2060. The van der Waals surface area contributed by atoms with Crippen molar-refractivity contribution in [1.29, 1.82) is 0 Å². The van der Waals surface area contributed by atoms with E-state index in [0.717, 1.165) is 0 Å². The molecule has 6 rings (SSSR count). The van der Waals surface area contributed by atoms with Gasteiger partial charge in [-0.3, -0.25) is 14.9 Å². The third-order valence-electron chi connectivity index (χ3n) is 10.7. The van der Waals surface area contributed by atoms with Crippen molar-refractivity contribution in [3.8, 4) is 28.2 Å². The highest BCUT2D eigenvalue weighted by Crippen LogP contribution is 2.42. The number of aliphatic hydroxyl groups excluding tert-OH is 7. The van der Waals surface area contributed by atoms with Crippen LogP contribution in [0.25, 0.3) is 33.4 Å². The number of phenolic OH excluding ortho intramolecular Hbond substituents is 1. The summed E-state index contributed by atoms with van der Waals surface area (Å²) >= 11 is 0. The van der Waals surface area contributed by atoms with Crippen LogP contribution in [0.2, 0.25) is 0 Å². The van der Waals surface area contributed by atoms with Gasteiger partial charge in [0.2, 0.25) is 0 Å². The number of benzene rings is 3. The predicted octanol–water partition coefficient (Wildman–Crippen LogP) is -3.03. The number of fused-ring (bicyclic) bond motifs is 2. The molecule has 2 aromatic rings. The molecule has 1 aliphatic carbocycles. The molecule has 0 radical (unpaired) electrons. The first-order chi connectivity index (χ1) is 27.6. The normalized spacial score (nSPS) is 30.1. The number of aromatic hydroxyl groups is 1. The van der Waals surface area contributed by atoms with Gasteiger partial charge in [0.25, 0.3) is 5.91 Å². The Kier molecular flexibility index (Phi) is 13.8. The zero-order chi connectivity index (χ0) is 42.0. The van der Waals surface area contributed by atoms with Crippen molar-refractivity contribution in [2.24, 2.45) is 17.2 Å². The van der Waals surface area contributed by atoms with Gasteiger partial charge in [0.1, 0.15) is 72.2 Å². The summed E-state index contributed by atoms with van der Waals surface area (Å²) in [5, 5.41) is 90.9. The van der Waals surface area contributed by atoms with Crippen molar-refractivity contribution in [2.45, 2.75) is 99.0 Å². The summed E-state index contributed by atoms with van der Waals surface area (Å²) < 4.78 is 23.8. The van der Waals surface area contributed by atoms with E-state index in [1.54, 1.807) is 43.3 Å². The van der Waals surface area contributed by atoms with Gasteiger partial charge in [-0.05, 0) is 42.3 Å². The second kappa shape index (κ2) is 18.4. The Morgan fingerprint density at radius 2 is 1.69 bits per heavy atom. The van der Waals surface area contributed by atoms with Crippen molar-refractivity contribution < 1.29 is 64.3 Å². The number of hydrogen-bond donors (Lipinski definition) is 13. The van der Waals surface area contributed by atoms with Crippen LogP contribution in [0.5, 0.6) is 5.75 Å². The van der Waals surface area contributed by atoms with E-state index in [2.05, 4.69) is 10.6 Å². The Morgan fingerprint density at radius 3 is 2.41 bits per heavy atom. The molecule has 316 valence electrons. The van der Waals surface area contributed by atoms with Crippen molar-refractivity contribution in [3.05, 3.63) is 76.5 Å². The van der Waals surface area contributed by atoms with Crippen LogP contribution in [0.15, 0.2) is 69.9 Å². The van der Waals surface area contributed by atoms with Crippen LogP contribution in [0.4, 0.5) is 0 Å². The molecule has 0 saturated carbocycles. The number of carbonyl (C=O) groups is 1. The van der Waals surface area contributed by atoms with Crippen LogP contribution in [0, 0.1) is 0 Å². The van der Waals surface area contributed by atoms with E-state index in [9.17, 15) is 50.4 Å². The van der Waals surface area contributed by atoms with Gasteiger partial charge in [0.15, 0.2) is 11.7 Å². The summed E-state index contributed by atoms with van der Waals surface area (Å²) in [6.07, 6.45) is -18.2. The fraction of sp³-hybridized carbons (Fsp3) is 0.487. The molecule has 2 fully saturated rings. The Hall–Kier alpha value is -4.16. The predicted molar refractivity (Wildman–Crippen MR) is 206 cm³/mol. The zero-order valence-electron chi connectivity index (χ0n) is 31.4. The van der Waals surface area contributed by atoms with Crippen LogP contribution in [-0.2, 0) is 14.2 Å². The molecule has 0 spiro atoms. The van der Waals surface area contributed by atoms with Gasteiger partial charge < -0.3 is 82.0 Å². The molecular formula is C39H51N5O14. The van der Waals surface area contributed by atoms with E-state index in [-0.39, 0.29) is 54.1 Å². The summed E-state index contributed by atoms with van der Waals surface area (Å²) in [6, 6.07) is 13.2. The number of phenols is 1. The van der Waals surface area contributed by atoms with Gasteiger partial charge in [0.05, 0.1) is 18.2 Å². The number of β-amino-alcohol motifs (C(OH)–C–C–N with tert-alkyl or cyclic N) is 1. The standard InChI is InChI=1S/C39H51N5O14/c1-2-22(41)36(58-38-35(53)34(52)30(48)23(47)14-44-38)32(50)26(13-40)56-39-33(51)29(42)31(49)27(57-39)15-43-37(54)19-6-4-3-5-18(19)28-20-9-7-16(45)11-24(20)55-25-12-17(46)8-10-21(25)28/h3-12,22-23,26-27,29-36,38-39,44-45,47-53H,2,13-15,40-42H2,1H3,(H,43,54)/t22?,23?,26-,27?,29?,30?,31?,32?,33?,34?,35?,36?,38?,39?/m1/s1. The van der Waals surface area contributed by atoms with E-state index in [0.29, 0.717) is 22.1 Å². The van der Waals surface area contributed by atoms with E-state index in [1.807, 2.05) is 0 Å². The molecule has 16 N–H and O–H groups in total. The fourth-order valence-corrected chi connectivity index (χ4v) is 7.29. The SMILES string of the molecule is CCC(N)C(OC1NCC(O)C(O)C(O)C1O)C(O)[C@@H](CN)OC1OC(CNC(=O)c2ccccc2-c2c3ccc(=O)cc-3oc3cc(O)ccc23)C(O)C(N)C1O. The van der Waals surface area contributed by atoms with Crippen molar-refractivity contribution in [3.63, 3.8) is 0 Å². The fourth-order valence-electron chi connectivity index (χ4n) is 7.29. The minimum Gasteiger partial charge on any atom is -0.508 e. The molecule has 58 heavy (non-hydrogen) atoms. The van der Waals surface area contributed by atoms with Crippen molar-refractivity contribution in [2.75, 3.05) is 19.6 Å². The lowest BCUT2D eigenvalue weighted by Gasteiger charge is -2.43. The van der Waals surface area contributed by atoms with Gasteiger partial charge in [-0.25, -0.2) is 0 Å². The molecule has 1 amide bonds. The quantitative estimate of drug-likeness (QED) is 0.0597. The molecule has 19 nitrogen and oxygen atoms in total. The smallest absolute Gasteiger partial charge is 0.252 e. The minimum atomic E-state index is -1.81. The molecular weight excluding hydrogens is 762 g/mol. The molecule has 2 saturated heterocycles. The first kappa shape index (κ1) is 43.4. The lowest BCUT2D eigenvalue weighted by molar-refractivity contribution is -0.295. The third-order valence-corrected chi connectivity index (χ3v) is 10.7. The van der Waals surface area contributed by atoms with Gasteiger partial charge in [-0.1, -0.05) is 25.1 Å². The topological polar surface area (TPSA) is 339 Å². The summed E-state index contributed by atoms with van der Waals surface area (Å²) in [5.41, 5.74) is 20.2. The number of aliphatic hydroxyl groups is 7.